The molecule has 0 bridgehead atoms. The third kappa shape index (κ3) is 4.45. The number of benzene rings is 1. The van der Waals surface area contributed by atoms with Crippen LogP contribution < -0.4 is 10.2 Å². The first-order valence-electron chi connectivity index (χ1n) is 10.9. The largest absolute Gasteiger partial charge is 0.332 e. The fourth-order valence-corrected chi connectivity index (χ4v) is 4.63. The Morgan fingerprint density at radius 2 is 1.90 bits per heavy atom. The Morgan fingerprint density at radius 3 is 2.59 bits per heavy atom. The van der Waals surface area contributed by atoms with Gasteiger partial charge in [-0.2, -0.15) is 0 Å². The number of nitrogens with zero attached hydrogens (tertiary/aromatic N) is 3. The first-order chi connectivity index (χ1) is 14.0. The number of aromatic nitrogens is 2. The lowest BCUT2D eigenvalue weighted by Gasteiger charge is -2.31. The van der Waals surface area contributed by atoms with E-state index in [-0.39, 0.29) is 17.7 Å². The maximum Gasteiger partial charge on any atom is 0.227 e. The predicted molar refractivity (Wildman–Crippen MR) is 113 cm³/mol. The van der Waals surface area contributed by atoms with Crippen LogP contribution in [0.4, 0.5) is 5.69 Å². The number of rotatable bonds is 4. The van der Waals surface area contributed by atoms with Crippen molar-refractivity contribution in [2.75, 3.05) is 31.5 Å². The minimum Gasteiger partial charge on any atom is -0.332 e. The molecule has 29 heavy (non-hydrogen) atoms. The standard InChI is InChI=1S/C22H31N5O2/c1-16(28)27-12-10-26(11-13-27)15-21-24-19-14-18(8-9-20(19)25(21)2)23-22(29)17-6-4-3-5-7-17/h8-9,14,17H,3-7,10-13,15H2,1-2H3,(H,23,29)/p+1. The molecule has 7 nitrogen and oxygen atoms in total. The molecule has 7 heteroatoms. The van der Waals surface area contributed by atoms with E-state index in [9.17, 15) is 9.59 Å². The van der Waals surface area contributed by atoms with Crippen molar-refractivity contribution in [3.05, 3.63) is 24.0 Å². The van der Waals surface area contributed by atoms with Crippen molar-refractivity contribution in [1.29, 1.82) is 0 Å². The summed E-state index contributed by atoms with van der Waals surface area (Å²) in [4.78, 5) is 32.3. The summed E-state index contributed by atoms with van der Waals surface area (Å²) < 4.78 is 2.15. The molecule has 2 aromatic rings. The summed E-state index contributed by atoms with van der Waals surface area (Å²) in [6.07, 6.45) is 5.56. The summed E-state index contributed by atoms with van der Waals surface area (Å²) in [6, 6.07) is 6.01. The average molecular weight is 399 g/mol. The molecule has 4 rings (SSSR count). The van der Waals surface area contributed by atoms with Crippen LogP contribution in [0.15, 0.2) is 18.2 Å². The van der Waals surface area contributed by atoms with Crippen LogP contribution in [0.1, 0.15) is 44.9 Å². The number of nitrogens with one attached hydrogen (secondary N) is 2. The highest BCUT2D eigenvalue weighted by molar-refractivity contribution is 5.94. The summed E-state index contributed by atoms with van der Waals surface area (Å²) in [5.41, 5.74) is 2.84. The molecule has 2 fully saturated rings. The third-order valence-electron chi connectivity index (χ3n) is 6.54. The summed E-state index contributed by atoms with van der Waals surface area (Å²) in [6.45, 7) is 6.01. The molecule has 1 aliphatic carbocycles. The first-order valence-corrected chi connectivity index (χ1v) is 10.9. The summed E-state index contributed by atoms with van der Waals surface area (Å²) in [5.74, 6) is 1.50. The minimum atomic E-state index is 0.146. The van der Waals surface area contributed by atoms with E-state index in [0.717, 1.165) is 81.0 Å². The molecular formula is C22H32N5O2+. The van der Waals surface area contributed by atoms with Crippen molar-refractivity contribution in [3.63, 3.8) is 0 Å². The van der Waals surface area contributed by atoms with E-state index < -0.39 is 0 Å². The summed E-state index contributed by atoms with van der Waals surface area (Å²) in [5, 5.41) is 3.10. The van der Waals surface area contributed by atoms with Gasteiger partial charge in [0.1, 0.15) is 6.54 Å². The second kappa shape index (κ2) is 8.53. The van der Waals surface area contributed by atoms with E-state index >= 15 is 0 Å². The van der Waals surface area contributed by atoms with Crippen LogP contribution >= 0.6 is 0 Å². The smallest absolute Gasteiger partial charge is 0.227 e. The van der Waals surface area contributed by atoms with Crippen molar-refractivity contribution < 1.29 is 14.5 Å². The lowest BCUT2D eigenvalue weighted by atomic mass is 9.88. The van der Waals surface area contributed by atoms with Crippen molar-refractivity contribution in [2.24, 2.45) is 13.0 Å². The van der Waals surface area contributed by atoms with E-state index in [4.69, 9.17) is 4.98 Å². The van der Waals surface area contributed by atoms with Crippen LogP contribution in [0.5, 0.6) is 0 Å². The average Bonchev–Trinajstić information content (AvgIpc) is 3.03. The number of hydrogen-bond acceptors (Lipinski definition) is 3. The second-order valence-electron chi connectivity index (χ2n) is 8.55. The number of hydrogen-bond donors (Lipinski definition) is 2. The normalized spacial score (nSPS) is 18.9. The molecule has 2 amide bonds. The number of amides is 2. The monoisotopic (exact) mass is 398 g/mol. The van der Waals surface area contributed by atoms with E-state index in [1.165, 1.54) is 11.3 Å². The Morgan fingerprint density at radius 1 is 1.17 bits per heavy atom. The molecule has 0 radical (unpaired) electrons. The Labute approximate surface area is 172 Å². The van der Waals surface area contributed by atoms with E-state index in [0.29, 0.717) is 0 Å². The Kier molecular flexibility index (Phi) is 5.85. The molecule has 2 heterocycles. The molecule has 1 saturated heterocycles. The zero-order chi connectivity index (χ0) is 20.4. The topological polar surface area (TPSA) is 71.7 Å². The number of quaternary nitrogens is 1. The number of imidazole rings is 1. The molecule has 1 aromatic heterocycles. The quantitative estimate of drug-likeness (QED) is 0.817. The number of fused-ring (bicyclic) bond motifs is 1. The van der Waals surface area contributed by atoms with Crippen LogP contribution in [0.3, 0.4) is 0 Å². The van der Waals surface area contributed by atoms with Gasteiger partial charge in [-0.3, -0.25) is 9.59 Å². The highest BCUT2D eigenvalue weighted by atomic mass is 16.2. The zero-order valence-corrected chi connectivity index (χ0v) is 17.5. The predicted octanol–water partition coefficient (Wildman–Crippen LogP) is 1.34. The number of carbonyl (C=O) groups excluding carboxylic acids is 2. The third-order valence-corrected chi connectivity index (χ3v) is 6.54. The Bertz CT molecular complexity index is 892. The van der Waals surface area contributed by atoms with Crippen LogP contribution in [-0.2, 0) is 23.2 Å². The maximum atomic E-state index is 12.5. The van der Waals surface area contributed by atoms with Crippen molar-refractivity contribution in [1.82, 2.24) is 14.5 Å². The lowest BCUT2D eigenvalue weighted by Crippen LogP contribution is -3.13. The molecule has 0 unspecified atom stereocenters. The maximum absolute atomic E-state index is 12.5. The molecule has 1 saturated carbocycles. The van der Waals surface area contributed by atoms with Gasteiger partial charge in [0.25, 0.3) is 0 Å². The van der Waals surface area contributed by atoms with Crippen LogP contribution in [0.2, 0.25) is 0 Å². The SMILES string of the molecule is CC(=O)N1CC[NH+](Cc2nc3cc(NC(=O)C4CCCCC4)ccc3n2C)CC1. The van der Waals surface area contributed by atoms with Gasteiger partial charge < -0.3 is 19.7 Å². The number of piperazine rings is 1. The minimum absolute atomic E-state index is 0.146. The van der Waals surface area contributed by atoms with Crippen molar-refractivity contribution >= 4 is 28.5 Å². The van der Waals surface area contributed by atoms with Gasteiger partial charge in [-0.05, 0) is 31.0 Å². The Balaban J connectivity index is 1.43. The first kappa shape index (κ1) is 19.9. The van der Waals surface area contributed by atoms with Gasteiger partial charge in [0, 0.05) is 25.6 Å². The molecular weight excluding hydrogens is 366 g/mol. The summed E-state index contributed by atoms with van der Waals surface area (Å²) in [7, 11) is 2.05. The molecule has 2 aliphatic rings. The van der Waals surface area contributed by atoms with Gasteiger partial charge >= 0.3 is 0 Å². The van der Waals surface area contributed by atoms with Crippen molar-refractivity contribution in [2.45, 2.75) is 45.6 Å². The molecule has 1 aromatic carbocycles. The van der Waals surface area contributed by atoms with Crippen LogP contribution in [0.25, 0.3) is 11.0 Å². The van der Waals surface area contributed by atoms with Gasteiger partial charge in [0.05, 0.1) is 37.2 Å². The summed E-state index contributed by atoms with van der Waals surface area (Å²) >= 11 is 0. The number of anilines is 1. The van der Waals surface area contributed by atoms with Crippen LogP contribution in [-0.4, -0.2) is 52.4 Å². The van der Waals surface area contributed by atoms with Gasteiger partial charge in [-0.15, -0.1) is 0 Å². The van der Waals surface area contributed by atoms with Crippen LogP contribution in [0, 0.1) is 5.92 Å². The fraction of sp³-hybridized carbons (Fsp3) is 0.591. The zero-order valence-electron chi connectivity index (χ0n) is 17.5. The molecule has 2 N–H and O–H groups in total. The van der Waals surface area contributed by atoms with Gasteiger partial charge in [0.15, 0.2) is 5.82 Å². The highest BCUT2D eigenvalue weighted by Crippen LogP contribution is 2.26. The molecule has 156 valence electrons. The van der Waals surface area contributed by atoms with Gasteiger partial charge in [-0.1, -0.05) is 19.3 Å². The van der Waals surface area contributed by atoms with Gasteiger partial charge in [0.2, 0.25) is 11.8 Å². The van der Waals surface area contributed by atoms with Gasteiger partial charge in [-0.25, -0.2) is 4.98 Å². The van der Waals surface area contributed by atoms with Crippen molar-refractivity contribution in [3.8, 4) is 0 Å². The van der Waals surface area contributed by atoms with E-state index in [1.54, 1.807) is 6.92 Å². The number of carbonyl (C=O) groups is 2. The highest BCUT2D eigenvalue weighted by Gasteiger charge is 2.24. The molecule has 0 atom stereocenters. The fourth-order valence-electron chi connectivity index (χ4n) is 4.63. The van der Waals surface area contributed by atoms with E-state index in [1.807, 2.05) is 23.1 Å². The number of aryl methyl sites for hydroxylation is 1. The second-order valence-corrected chi connectivity index (χ2v) is 8.55. The van der Waals surface area contributed by atoms with E-state index in [2.05, 4.69) is 16.9 Å². The molecule has 1 aliphatic heterocycles. The molecule has 0 spiro atoms. The Hall–Kier alpha value is -2.41. The lowest BCUT2D eigenvalue weighted by molar-refractivity contribution is -0.918.